The summed E-state index contributed by atoms with van der Waals surface area (Å²) in [7, 11) is 0. The van der Waals surface area contributed by atoms with Gasteiger partial charge in [-0.2, -0.15) is 0 Å². The van der Waals surface area contributed by atoms with Crippen LogP contribution in [0.25, 0.3) is 22.2 Å². The number of rotatable bonds is 2. The second-order valence-corrected chi connectivity index (χ2v) is 6.41. The lowest BCUT2D eigenvalue weighted by Crippen LogP contribution is -2.17. The molecule has 0 bridgehead atoms. The normalized spacial score (nSPS) is 15.8. The first-order valence-electron chi connectivity index (χ1n) is 8.22. The minimum absolute atomic E-state index is 0.0995. The molecule has 7 heteroatoms. The highest BCUT2D eigenvalue weighted by Crippen LogP contribution is 2.37. The highest BCUT2D eigenvalue weighted by atomic mass is 19.1. The van der Waals surface area contributed by atoms with Gasteiger partial charge in [0, 0.05) is 30.6 Å². The van der Waals surface area contributed by atoms with E-state index in [0.29, 0.717) is 41.0 Å². The van der Waals surface area contributed by atoms with E-state index in [1.807, 2.05) is 10.8 Å². The Hall–Kier alpha value is -2.96. The summed E-state index contributed by atoms with van der Waals surface area (Å²) in [5.41, 5.74) is 13.9. The van der Waals surface area contributed by atoms with Gasteiger partial charge in [-0.1, -0.05) is 6.07 Å². The first kappa shape index (κ1) is 15.6. The third kappa shape index (κ3) is 2.61. The first-order chi connectivity index (χ1) is 12.0. The van der Waals surface area contributed by atoms with E-state index in [4.69, 9.17) is 11.5 Å². The Balaban J connectivity index is 1.90. The molecule has 0 saturated heterocycles. The zero-order chi connectivity index (χ0) is 17.6. The van der Waals surface area contributed by atoms with Crippen LogP contribution in [0.2, 0.25) is 0 Å². The summed E-state index contributed by atoms with van der Waals surface area (Å²) < 4.78 is 16.0. The van der Waals surface area contributed by atoms with Crippen molar-refractivity contribution >= 4 is 28.3 Å². The summed E-state index contributed by atoms with van der Waals surface area (Å²) in [6.07, 6.45) is 6.02. The summed E-state index contributed by atoms with van der Waals surface area (Å²) in [6.45, 7) is 0. The first-order valence-corrected chi connectivity index (χ1v) is 8.22. The van der Waals surface area contributed by atoms with E-state index in [1.165, 1.54) is 18.5 Å². The number of halogens is 1. The van der Waals surface area contributed by atoms with E-state index < -0.39 is 5.82 Å². The zero-order valence-electron chi connectivity index (χ0n) is 13.6. The monoisotopic (exact) mass is 339 g/mol. The van der Waals surface area contributed by atoms with Gasteiger partial charge in [0.25, 0.3) is 0 Å². The summed E-state index contributed by atoms with van der Waals surface area (Å²) in [5, 5.41) is 0.698. The number of Topliss-reactive ketones (excluding diaryl/α,β-unsaturated/α-hetero) is 1. The fraction of sp³-hybridized carbons (Fsp3) is 0.278. The van der Waals surface area contributed by atoms with E-state index >= 15 is 0 Å². The van der Waals surface area contributed by atoms with Crippen LogP contribution < -0.4 is 11.5 Å². The fourth-order valence-electron chi connectivity index (χ4n) is 3.50. The largest absolute Gasteiger partial charge is 0.396 e. The molecule has 2 heterocycles. The average molecular weight is 339 g/mol. The predicted molar refractivity (Wildman–Crippen MR) is 94.3 cm³/mol. The van der Waals surface area contributed by atoms with Crippen LogP contribution >= 0.6 is 0 Å². The predicted octanol–water partition coefficient (Wildman–Crippen LogP) is 3.09. The molecule has 1 aromatic carbocycles. The van der Waals surface area contributed by atoms with Gasteiger partial charge in [0.15, 0.2) is 0 Å². The van der Waals surface area contributed by atoms with Crippen LogP contribution in [0.5, 0.6) is 0 Å². The Kier molecular flexibility index (Phi) is 3.63. The lowest BCUT2D eigenvalue weighted by molar-refractivity contribution is -0.120. The number of anilines is 2. The SMILES string of the molecule is Nc1ccc(-c2cn(C3CCC(=O)CC3)c3ncnc(N)c23)cc1F. The third-order valence-corrected chi connectivity index (χ3v) is 4.86. The van der Waals surface area contributed by atoms with Crippen molar-refractivity contribution < 1.29 is 9.18 Å². The number of carbonyl (C=O) groups excluding carboxylic acids is 1. The zero-order valence-corrected chi connectivity index (χ0v) is 13.6. The molecule has 0 unspecified atom stereocenters. The second-order valence-electron chi connectivity index (χ2n) is 6.41. The number of nitrogen functional groups attached to an aromatic ring is 2. The molecule has 1 saturated carbocycles. The highest BCUT2D eigenvalue weighted by Gasteiger charge is 2.24. The number of nitrogens with zero attached hydrogens (tertiary/aromatic N) is 3. The van der Waals surface area contributed by atoms with Crippen molar-refractivity contribution in [1.29, 1.82) is 0 Å². The second kappa shape index (κ2) is 5.84. The number of fused-ring (bicyclic) bond motifs is 1. The molecule has 25 heavy (non-hydrogen) atoms. The quantitative estimate of drug-likeness (QED) is 0.699. The number of benzene rings is 1. The molecule has 0 atom stereocenters. The number of aromatic nitrogens is 3. The lowest BCUT2D eigenvalue weighted by Gasteiger charge is -2.23. The smallest absolute Gasteiger partial charge is 0.146 e. The van der Waals surface area contributed by atoms with Gasteiger partial charge in [-0.15, -0.1) is 0 Å². The molecule has 6 nitrogen and oxygen atoms in total. The van der Waals surface area contributed by atoms with Crippen LogP contribution in [0.15, 0.2) is 30.7 Å². The van der Waals surface area contributed by atoms with Crippen molar-refractivity contribution in [3.63, 3.8) is 0 Å². The Labute approximate surface area is 143 Å². The van der Waals surface area contributed by atoms with Crippen molar-refractivity contribution in [1.82, 2.24) is 14.5 Å². The Morgan fingerprint density at radius 1 is 1.16 bits per heavy atom. The molecule has 2 aromatic heterocycles. The van der Waals surface area contributed by atoms with Crippen molar-refractivity contribution in [3.05, 3.63) is 36.5 Å². The maximum Gasteiger partial charge on any atom is 0.146 e. The molecule has 4 rings (SSSR count). The number of hydrogen-bond donors (Lipinski definition) is 2. The summed E-state index contributed by atoms with van der Waals surface area (Å²) in [5.74, 6) is 0.169. The van der Waals surface area contributed by atoms with Crippen LogP contribution in [0.3, 0.4) is 0 Å². The van der Waals surface area contributed by atoms with Gasteiger partial charge in [-0.3, -0.25) is 4.79 Å². The van der Waals surface area contributed by atoms with Gasteiger partial charge >= 0.3 is 0 Å². The number of ketones is 1. The van der Waals surface area contributed by atoms with Gasteiger partial charge < -0.3 is 16.0 Å². The molecule has 128 valence electrons. The summed E-state index contributed by atoms with van der Waals surface area (Å²) in [4.78, 5) is 20.0. The van der Waals surface area contributed by atoms with Gasteiger partial charge in [0.05, 0.1) is 11.1 Å². The van der Waals surface area contributed by atoms with E-state index in [0.717, 1.165) is 18.4 Å². The van der Waals surface area contributed by atoms with Crippen molar-refractivity contribution in [2.24, 2.45) is 0 Å². The number of carbonyl (C=O) groups is 1. The standard InChI is InChI=1S/C18H18FN5O/c19-14-7-10(1-6-15(14)20)13-8-24(11-2-4-12(25)5-3-11)18-16(13)17(21)22-9-23-18/h1,6-9,11H,2-5,20H2,(H2,21,22,23). The molecule has 0 amide bonds. The van der Waals surface area contributed by atoms with Crippen molar-refractivity contribution in [2.75, 3.05) is 11.5 Å². The molecular formula is C18H18FN5O. The molecule has 1 fully saturated rings. The number of hydrogen-bond acceptors (Lipinski definition) is 5. The fourth-order valence-corrected chi connectivity index (χ4v) is 3.50. The minimum Gasteiger partial charge on any atom is -0.396 e. The molecule has 3 aromatic rings. The third-order valence-electron chi connectivity index (χ3n) is 4.86. The molecule has 4 N–H and O–H groups in total. The topological polar surface area (TPSA) is 99.8 Å². The number of nitrogens with two attached hydrogens (primary N) is 2. The van der Waals surface area contributed by atoms with Gasteiger partial charge in [-0.05, 0) is 30.5 Å². The van der Waals surface area contributed by atoms with Crippen LogP contribution in [0.4, 0.5) is 15.9 Å². The van der Waals surface area contributed by atoms with Crippen LogP contribution in [-0.4, -0.2) is 20.3 Å². The maximum absolute atomic E-state index is 13.9. The maximum atomic E-state index is 13.9. The van der Waals surface area contributed by atoms with Crippen LogP contribution in [0.1, 0.15) is 31.7 Å². The lowest BCUT2D eigenvalue weighted by atomic mass is 9.94. The molecule has 0 spiro atoms. The molecule has 0 aliphatic heterocycles. The average Bonchev–Trinajstić information content (AvgIpc) is 2.99. The molecule has 1 aliphatic carbocycles. The van der Waals surface area contributed by atoms with E-state index in [2.05, 4.69) is 9.97 Å². The van der Waals surface area contributed by atoms with Crippen LogP contribution in [0, 0.1) is 5.82 Å². The van der Waals surface area contributed by atoms with Crippen molar-refractivity contribution in [2.45, 2.75) is 31.7 Å². The summed E-state index contributed by atoms with van der Waals surface area (Å²) >= 11 is 0. The minimum atomic E-state index is -0.475. The Morgan fingerprint density at radius 2 is 1.92 bits per heavy atom. The van der Waals surface area contributed by atoms with Crippen molar-refractivity contribution in [3.8, 4) is 11.1 Å². The van der Waals surface area contributed by atoms with E-state index in [1.54, 1.807) is 6.07 Å². The molecular weight excluding hydrogens is 321 g/mol. The summed E-state index contributed by atoms with van der Waals surface area (Å²) in [6, 6.07) is 4.86. The van der Waals surface area contributed by atoms with Gasteiger partial charge in [0.2, 0.25) is 0 Å². The van der Waals surface area contributed by atoms with E-state index in [9.17, 15) is 9.18 Å². The molecule has 1 aliphatic rings. The van der Waals surface area contributed by atoms with E-state index in [-0.39, 0.29) is 11.7 Å². The highest BCUT2D eigenvalue weighted by molar-refractivity contribution is 6.00. The molecule has 0 radical (unpaired) electrons. The Morgan fingerprint density at radius 3 is 2.64 bits per heavy atom. The Bertz CT molecular complexity index is 971. The van der Waals surface area contributed by atoms with Gasteiger partial charge in [0.1, 0.15) is 29.4 Å². The van der Waals surface area contributed by atoms with Gasteiger partial charge in [-0.25, -0.2) is 14.4 Å². The van der Waals surface area contributed by atoms with Crippen LogP contribution in [-0.2, 0) is 4.79 Å².